The normalized spacial score (nSPS) is 18.8. The van der Waals surface area contributed by atoms with Crippen LogP contribution in [0.3, 0.4) is 0 Å². The number of aromatic nitrogens is 1. The number of hydrogen-bond acceptors (Lipinski definition) is 4. The second-order valence-corrected chi connectivity index (χ2v) is 6.24. The highest BCUT2D eigenvalue weighted by Gasteiger charge is 2.17. The van der Waals surface area contributed by atoms with E-state index in [0.717, 1.165) is 60.8 Å². The average Bonchev–Trinajstić information content (AvgIpc) is 2.63. The van der Waals surface area contributed by atoms with Gasteiger partial charge in [0, 0.05) is 31.5 Å². The van der Waals surface area contributed by atoms with E-state index in [2.05, 4.69) is 47.3 Å². The van der Waals surface area contributed by atoms with Crippen LogP contribution in [0.4, 0.5) is 5.69 Å². The summed E-state index contributed by atoms with van der Waals surface area (Å²) in [5, 5.41) is 0. The molecule has 2 aliphatic rings. The summed E-state index contributed by atoms with van der Waals surface area (Å²) in [5.41, 5.74) is 5.77. The van der Waals surface area contributed by atoms with Crippen LogP contribution in [0.5, 0.6) is 5.75 Å². The van der Waals surface area contributed by atoms with E-state index in [4.69, 9.17) is 9.73 Å². The van der Waals surface area contributed by atoms with Gasteiger partial charge in [-0.25, -0.2) is 0 Å². The fraction of sp³-hybridized carbons (Fsp3) is 0.300. The van der Waals surface area contributed by atoms with E-state index in [0.29, 0.717) is 0 Å². The molecule has 0 amide bonds. The summed E-state index contributed by atoms with van der Waals surface area (Å²) in [6.45, 7) is 2.57. The molecule has 2 aliphatic heterocycles. The Morgan fingerprint density at radius 2 is 2.21 bits per heavy atom. The van der Waals surface area contributed by atoms with Crippen LogP contribution in [0.15, 0.2) is 53.3 Å². The molecule has 3 heterocycles. The summed E-state index contributed by atoms with van der Waals surface area (Å²) in [6, 6.07) is 10.5. The van der Waals surface area contributed by atoms with Gasteiger partial charge in [-0.3, -0.25) is 9.98 Å². The topological polar surface area (TPSA) is 37.7 Å². The van der Waals surface area contributed by atoms with E-state index in [1.165, 1.54) is 5.57 Å². The first-order chi connectivity index (χ1) is 11.8. The number of ether oxygens (including phenoxy) is 1. The third kappa shape index (κ3) is 2.92. The number of allylic oxidation sites excluding steroid dienone is 1. The lowest BCUT2D eigenvalue weighted by Gasteiger charge is -2.27. The van der Waals surface area contributed by atoms with Crippen molar-refractivity contribution >= 4 is 17.5 Å². The van der Waals surface area contributed by atoms with Crippen LogP contribution in [0.2, 0.25) is 0 Å². The zero-order valence-electron chi connectivity index (χ0n) is 13.9. The van der Waals surface area contributed by atoms with Crippen LogP contribution in [0, 0.1) is 0 Å². The minimum absolute atomic E-state index is 0.742. The Kier molecular flexibility index (Phi) is 4.03. The van der Waals surface area contributed by atoms with Crippen LogP contribution in [0.1, 0.15) is 24.0 Å². The number of anilines is 1. The number of nitrogens with zero attached hydrogens (tertiary/aromatic N) is 3. The molecular weight excluding hydrogens is 298 g/mol. The molecule has 122 valence electrons. The van der Waals surface area contributed by atoms with E-state index in [1.807, 2.05) is 12.3 Å². The zero-order chi connectivity index (χ0) is 16.4. The van der Waals surface area contributed by atoms with E-state index in [9.17, 15) is 0 Å². The number of hydrogen-bond donors (Lipinski definition) is 0. The SMILES string of the molecule is CN1CCOc2cc(C=C3CCCN=C3c3cccnc3)ccc21. The van der Waals surface area contributed by atoms with Gasteiger partial charge in [0.1, 0.15) is 12.4 Å². The van der Waals surface area contributed by atoms with Crippen molar-refractivity contribution in [3.63, 3.8) is 0 Å². The first-order valence-corrected chi connectivity index (χ1v) is 8.45. The van der Waals surface area contributed by atoms with Gasteiger partial charge in [0.05, 0.1) is 17.9 Å². The number of rotatable bonds is 2. The van der Waals surface area contributed by atoms with Gasteiger partial charge in [0.15, 0.2) is 0 Å². The van der Waals surface area contributed by atoms with Crippen molar-refractivity contribution in [1.29, 1.82) is 0 Å². The molecule has 24 heavy (non-hydrogen) atoms. The first-order valence-electron chi connectivity index (χ1n) is 8.45. The molecule has 4 heteroatoms. The van der Waals surface area contributed by atoms with Gasteiger partial charge in [-0.2, -0.15) is 0 Å². The molecule has 4 nitrogen and oxygen atoms in total. The lowest BCUT2D eigenvalue weighted by molar-refractivity contribution is 0.311. The number of fused-ring (bicyclic) bond motifs is 1. The van der Waals surface area contributed by atoms with Crippen molar-refractivity contribution < 1.29 is 4.74 Å². The second-order valence-electron chi connectivity index (χ2n) is 6.24. The van der Waals surface area contributed by atoms with Crippen LogP contribution in [-0.4, -0.2) is 37.4 Å². The molecule has 0 fully saturated rings. The standard InChI is InChI=1S/C20H21N3O/c1-23-10-11-24-19-13-15(6-7-18(19)23)12-16-4-3-9-22-20(16)17-5-2-8-21-14-17/h2,5-8,12-14H,3-4,9-11H2,1H3. The molecule has 0 spiro atoms. The van der Waals surface area contributed by atoms with Crippen LogP contribution >= 0.6 is 0 Å². The molecule has 0 saturated heterocycles. The molecule has 0 radical (unpaired) electrons. The largest absolute Gasteiger partial charge is 0.490 e. The maximum Gasteiger partial charge on any atom is 0.143 e. The molecule has 0 atom stereocenters. The van der Waals surface area contributed by atoms with E-state index in [-0.39, 0.29) is 0 Å². The molecule has 0 unspecified atom stereocenters. The van der Waals surface area contributed by atoms with Gasteiger partial charge in [0.2, 0.25) is 0 Å². The van der Waals surface area contributed by atoms with E-state index < -0.39 is 0 Å². The van der Waals surface area contributed by atoms with Gasteiger partial charge < -0.3 is 9.64 Å². The molecule has 0 aliphatic carbocycles. The fourth-order valence-corrected chi connectivity index (χ4v) is 3.27. The summed E-state index contributed by atoms with van der Waals surface area (Å²) in [6.07, 6.45) is 8.07. The van der Waals surface area contributed by atoms with Gasteiger partial charge in [-0.1, -0.05) is 6.07 Å². The zero-order valence-corrected chi connectivity index (χ0v) is 13.9. The molecule has 1 aromatic heterocycles. The maximum atomic E-state index is 5.82. The predicted octanol–water partition coefficient (Wildman–Crippen LogP) is 3.58. The van der Waals surface area contributed by atoms with E-state index >= 15 is 0 Å². The Morgan fingerprint density at radius 1 is 1.25 bits per heavy atom. The van der Waals surface area contributed by atoms with Crippen LogP contribution in [-0.2, 0) is 0 Å². The van der Waals surface area contributed by atoms with Crippen LogP contribution < -0.4 is 9.64 Å². The van der Waals surface area contributed by atoms with Crippen molar-refractivity contribution in [2.24, 2.45) is 4.99 Å². The molecule has 1 aromatic carbocycles. The fourth-order valence-electron chi connectivity index (χ4n) is 3.27. The number of likely N-dealkylation sites (N-methyl/N-ethyl adjacent to an activating group) is 1. The summed E-state index contributed by atoms with van der Waals surface area (Å²) >= 11 is 0. The molecule has 2 aromatic rings. The van der Waals surface area contributed by atoms with Gasteiger partial charge in [0.25, 0.3) is 0 Å². The van der Waals surface area contributed by atoms with Crippen molar-refractivity contribution in [3.8, 4) is 5.75 Å². The van der Waals surface area contributed by atoms with E-state index in [1.54, 1.807) is 6.20 Å². The number of benzene rings is 1. The molecule has 4 rings (SSSR count). The van der Waals surface area contributed by atoms with Crippen molar-refractivity contribution in [3.05, 3.63) is 59.4 Å². The van der Waals surface area contributed by atoms with Gasteiger partial charge in [-0.15, -0.1) is 0 Å². The summed E-state index contributed by atoms with van der Waals surface area (Å²) < 4.78 is 5.82. The minimum atomic E-state index is 0.742. The summed E-state index contributed by atoms with van der Waals surface area (Å²) in [4.78, 5) is 11.2. The highest BCUT2D eigenvalue weighted by Crippen LogP contribution is 2.32. The Balaban J connectivity index is 1.69. The summed E-state index contributed by atoms with van der Waals surface area (Å²) in [5.74, 6) is 0.966. The monoisotopic (exact) mass is 319 g/mol. The molecule has 0 saturated carbocycles. The third-order valence-electron chi connectivity index (χ3n) is 4.53. The number of aliphatic imine (C=N–C) groups is 1. The van der Waals surface area contributed by atoms with Crippen molar-refractivity contribution in [2.45, 2.75) is 12.8 Å². The Morgan fingerprint density at radius 3 is 3.08 bits per heavy atom. The second kappa shape index (κ2) is 6.48. The number of pyridine rings is 1. The van der Waals surface area contributed by atoms with Gasteiger partial charge in [-0.05, 0) is 54.3 Å². The lowest BCUT2D eigenvalue weighted by Crippen LogP contribution is -2.28. The third-order valence-corrected chi connectivity index (χ3v) is 4.53. The highest BCUT2D eigenvalue weighted by atomic mass is 16.5. The quantitative estimate of drug-likeness (QED) is 0.849. The Labute approximate surface area is 142 Å². The van der Waals surface area contributed by atoms with Crippen LogP contribution in [0.25, 0.3) is 6.08 Å². The Hall–Kier alpha value is -2.62. The molecular formula is C20H21N3O. The first kappa shape index (κ1) is 14.9. The molecule has 0 N–H and O–H groups in total. The van der Waals surface area contributed by atoms with Gasteiger partial charge >= 0.3 is 0 Å². The smallest absolute Gasteiger partial charge is 0.143 e. The molecule has 0 bridgehead atoms. The highest BCUT2D eigenvalue weighted by molar-refractivity contribution is 6.15. The van der Waals surface area contributed by atoms with Crippen molar-refractivity contribution in [2.75, 3.05) is 31.6 Å². The minimum Gasteiger partial charge on any atom is -0.490 e. The Bertz CT molecular complexity index is 796. The average molecular weight is 319 g/mol. The maximum absolute atomic E-state index is 5.82. The predicted molar refractivity (Wildman–Crippen MR) is 98.1 cm³/mol. The van der Waals surface area contributed by atoms with Crippen molar-refractivity contribution in [1.82, 2.24) is 4.98 Å². The lowest BCUT2D eigenvalue weighted by atomic mass is 9.94. The summed E-state index contributed by atoms with van der Waals surface area (Å²) in [7, 11) is 2.10.